The van der Waals surface area contributed by atoms with Crippen molar-refractivity contribution in [1.29, 1.82) is 0 Å². The fraction of sp³-hybridized carbons (Fsp3) is 0.292. The van der Waals surface area contributed by atoms with Gasteiger partial charge in [-0.05, 0) is 43.4 Å². The second kappa shape index (κ2) is 8.03. The maximum absolute atomic E-state index is 12.9. The Kier molecular flexibility index (Phi) is 5.30. The van der Waals surface area contributed by atoms with Crippen LogP contribution in [0.1, 0.15) is 39.2 Å². The zero-order chi connectivity index (χ0) is 20.4. The third-order valence-corrected chi connectivity index (χ3v) is 5.42. The Hall–Kier alpha value is -3.21. The minimum absolute atomic E-state index is 0.228. The van der Waals surface area contributed by atoms with Crippen LogP contribution in [0.3, 0.4) is 0 Å². The van der Waals surface area contributed by atoms with Crippen LogP contribution in [0.15, 0.2) is 48.5 Å². The molecular weight excluding hydrogens is 364 g/mol. The first-order valence-corrected chi connectivity index (χ1v) is 9.90. The zero-order valence-electron chi connectivity index (χ0n) is 16.8. The van der Waals surface area contributed by atoms with Crippen molar-refractivity contribution in [1.82, 2.24) is 9.88 Å². The van der Waals surface area contributed by atoms with Gasteiger partial charge in [0.2, 0.25) is 0 Å². The summed E-state index contributed by atoms with van der Waals surface area (Å²) >= 11 is 0. The van der Waals surface area contributed by atoms with Crippen LogP contribution in [0, 0.1) is 6.92 Å². The molecule has 0 saturated carbocycles. The lowest BCUT2D eigenvalue weighted by Crippen LogP contribution is -2.31. The fourth-order valence-electron chi connectivity index (χ4n) is 3.81. The lowest BCUT2D eigenvalue weighted by atomic mass is 10.0. The van der Waals surface area contributed by atoms with Crippen molar-refractivity contribution in [3.05, 3.63) is 76.5 Å². The zero-order valence-corrected chi connectivity index (χ0v) is 16.8. The van der Waals surface area contributed by atoms with Gasteiger partial charge in [0.05, 0.1) is 11.1 Å². The van der Waals surface area contributed by atoms with Gasteiger partial charge in [0.15, 0.2) is 6.61 Å². The van der Waals surface area contributed by atoms with Gasteiger partial charge >= 0.3 is 5.97 Å². The molecule has 0 fully saturated rings. The molecule has 1 aromatic heterocycles. The number of amides is 1. The molecular formula is C24H24N2O3. The van der Waals surface area contributed by atoms with E-state index in [0.29, 0.717) is 12.1 Å². The van der Waals surface area contributed by atoms with E-state index >= 15 is 0 Å². The second-order valence-electron chi connectivity index (χ2n) is 7.59. The molecule has 0 radical (unpaired) electrons. The van der Waals surface area contributed by atoms with Crippen molar-refractivity contribution in [2.45, 2.75) is 32.7 Å². The number of carbonyl (C=O) groups is 2. The molecule has 5 nitrogen and oxygen atoms in total. The summed E-state index contributed by atoms with van der Waals surface area (Å²) in [5.41, 5.74) is 5.51. The Labute approximate surface area is 170 Å². The lowest BCUT2D eigenvalue weighted by molar-refractivity contribution is -0.133. The van der Waals surface area contributed by atoms with E-state index in [2.05, 4.69) is 0 Å². The highest BCUT2D eigenvalue weighted by atomic mass is 16.5. The summed E-state index contributed by atoms with van der Waals surface area (Å²) < 4.78 is 5.44. The van der Waals surface area contributed by atoms with Gasteiger partial charge in [0, 0.05) is 24.7 Å². The number of fused-ring (bicyclic) bond motifs is 2. The first-order chi connectivity index (χ1) is 14.0. The first-order valence-electron chi connectivity index (χ1n) is 9.90. The van der Waals surface area contributed by atoms with Crippen molar-refractivity contribution in [3.63, 3.8) is 0 Å². The summed E-state index contributed by atoms with van der Waals surface area (Å²) in [4.78, 5) is 31.7. The monoisotopic (exact) mass is 388 g/mol. The molecule has 5 heteroatoms. The Morgan fingerprint density at radius 1 is 1.07 bits per heavy atom. The van der Waals surface area contributed by atoms with Crippen molar-refractivity contribution in [3.8, 4) is 0 Å². The molecule has 0 N–H and O–H groups in total. The van der Waals surface area contributed by atoms with E-state index in [1.54, 1.807) is 11.9 Å². The highest BCUT2D eigenvalue weighted by Gasteiger charge is 2.25. The van der Waals surface area contributed by atoms with Crippen molar-refractivity contribution in [2.24, 2.45) is 0 Å². The number of pyridine rings is 1. The maximum atomic E-state index is 12.9. The molecule has 0 spiro atoms. The van der Waals surface area contributed by atoms with Crippen LogP contribution >= 0.6 is 0 Å². The minimum atomic E-state index is -0.446. The third kappa shape index (κ3) is 3.99. The predicted molar refractivity (Wildman–Crippen MR) is 112 cm³/mol. The minimum Gasteiger partial charge on any atom is -0.452 e. The highest BCUT2D eigenvalue weighted by Crippen LogP contribution is 2.30. The summed E-state index contributed by atoms with van der Waals surface area (Å²) in [6.07, 6.45) is 2.68. The smallest absolute Gasteiger partial charge is 0.339 e. The van der Waals surface area contributed by atoms with Gasteiger partial charge in [-0.15, -0.1) is 0 Å². The van der Waals surface area contributed by atoms with E-state index in [0.717, 1.165) is 47.0 Å². The summed E-state index contributed by atoms with van der Waals surface area (Å²) in [5.74, 6) is -0.673. The topological polar surface area (TPSA) is 59.5 Å². The Morgan fingerprint density at radius 2 is 1.83 bits per heavy atom. The molecule has 0 aliphatic heterocycles. The fourth-order valence-corrected chi connectivity index (χ4v) is 3.81. The molecule has 29 heavy (non-hydrogen) atoms. The van der Waals surface area contributed by atoms with Crippen LogP contribution in [-0.2, 0) is 28.9 Å². The van der Waals surface area contributed by atoms with Crippen molar-refractivity contribution in [2.75, 3.05) is 13.7 Å². The number of rotatable bonds is 5. The van der Waals surface area contributed by atoms with E-state index in [1.165, 1.54) is 5.56 Å². The molecule has 0 unspecified atom stereocenters. The standard InChI is InChI=1S/C24H24N2O3/c1-16-10-12-17(13-11-16)14-26(2)22(27)15-29-24(28)23-18-6-3-4-8-20(18)25-21-9-5-7-19(21)23/h3-4,6,8,10-13H,5,7,9,14-15H2,1-2H3. The molecule has 2 aromatic carbocycles. The second-order valence-corrected chi connectivity index (χ2v) is 7.59. The van der Waals surface area contributed by atoms with Crippen LogP contribution < -0.4 is 0 Å². The first kappa shape index (κ1) is 19.1. The number of hydrogen-bond donors (Lipinski definition) is 0. The Balaban J connectivity index is 1.47. The quantitative estimate of drug-likeness (QED) is 0.623. The SMILES string of the molecule is Cc1ccc(CN(C)C(=O)COC(=O)c2c3c(nc4ccccc24)CCC3)cc1. The number of benzene rings is 2. The molecule has 1 amide bonds. The number of para-hydroxylation sites is 1. The lowest BCUT2D eigenvalue weighted by Gasteiger charge is -2.18. The number of aryl methyl sites for hydroxylation is 2. The van der Waals surface area contributed by atoms with Gasteiger partial charge in [-0.2, -0.15) is 0 Å². The van der Waals surface area contributed by atoms with Crippen LogP contribution in [-0.4, -0.2) is 35.4 Å². The molecule has 1 aliphatic carbocycles. The van der Waals surface area contributed by atoms with Crippen molar-refractivity contribution < 1.29 is 14.3 Å². The average Bonchev–Trinajstić information content (AvgIpc) is 3.19. The highest BCUT2D eigenvalue weighted by molar-refractivity contribution is 6.05. The third-order valence-electron chi connectivity index (χ3n) is 5.42. The summed E-state index contributed by atoms with van der Waals surface area (Å²) in [5, 5.41) is 0.790. The molecule has 0 bridgehead atoms. The van der Waals surface area contributed by atoms with E-state index in [-0.39, 0.29) is 12.5 Å². The number of esters is 1. The van der Waals surface area contributed by atoms with Crippen LogP contribution in [0.5, 0.6) is 0 Å². The van der Waals surface area contributed by atoms with E-state index < -0.39 is 5.97 Å². The number of hydrogen-bond acceptors (Lipinski definition) is 4. The van der Waals surface area contributed by atoms with E-state index in [4.69, 9.17) is 9.72 Å². The normalized spacial score (nSPS) is 12.6. The Bertz CT molecular complexity index is 1070. The van der Waals surface area contributed by atoms with Crippen molar-refractivity contribution >= 4 is 22.8 Å². The van der Waals surface area contributed by atoms with E-state index in [9.17, 15) is 9.59 Å². The number of ether oxygens (including phenoxy) is 1. The number of carbonyl (C=O) groups excluding carboxylic acids is 2. The molecule has 3 aromatic rings. The van der Waals surface area contributed by atoms with Gasteiger partial charge in [-0.1, -0.05) is 48.0 Å². The largest absolute Gasteiger partial charge is 0.452 e. The van der Waals surface area contributed by atoms with Gasteiger partial charge < -0.3 is 9.64 Å². The molecule has 0 saturated heterocycles. The van der Waals surface area contributed by atoms with Gasteiger partial charge in [-0.3, -0.25) is 9.78 Å². The number of nitrogens with zero attached hydrogens (tertiary/aromatic N) is 2. The van der Waals surface area contributed by atoms with Gasteiger partial charge in [0.1, 0.15) is 0 Å². The molecule has 148 valence electrons. The van der Waals surface area contributed by atoms with Crippen LogP contribution in [0.25, 0.3) is 10.9 Å². The molecule has 0 atom stereocenters. The molecule has 4 rings (SSSR count). The molecule has 1 heterocycles. The predicted octanol–water partition coefficient (Wildman–Crippen LogP) is 3.85. The van der Waals surface area contributed by atoms with Gasteiger partial charge in [-0.25, -0.2) is 4.79 Å². The number of aromatic nitrogens is 1. The van der Waals surface area contributed by atoms with Crippen LogP contribution in [0.2, 0.25) is 0 Å². The molecule has 1 aliphatic rings. The average molecular weight is 388 g/mol. The Morgan fingerprint density at radius 3 is 2.62 bits per heavy atom. The number of likely N-dealkylation sites (N-methyl/N-ethyl adjacent to an activating group) is 1. The van der Waals surface area contributed by atoms with Crippen LogP contribution in [0.4, 0.5) is 0 Å². The van der Waals surface area contributed by atoms with Gasteiger partial charge in [0.25, 0.3) is 5.91 Å². The maximum Gasteiger partial charge on any atom is 0.339 e. The summed E-state index contributed by atoms with van der Waals surface area (Å²) in [6, 6.07) is 15.6. The van der Waals surface area contributed by atoms with E-state index in [1.807, 2.05) is 55.5 Å². The summed E-state index contributed by atoms with van der Waals surface area (Å²) in [7, 11) is 1.72. The summed E-state index contributed by atoms with van der Waals surface area (Å²) in [6.45, 7) is 2.23.